The van der Waals surface area contributed by atoms with Gasteiger partial charge in [0.15, 0.2) is 0 Å². The Balaban J connectivity index is 0.000000406. The van der Waals surface area contributed by atoms with E-state index in [1.165, 1.54) is 0 Å². The van der Waals surface area contributed by atoms with Gasteiger partial charge in [-0.3, -0.25) is 9.69 Å². The molecule has 2 aliphatic heterocycles. The van der Waals surface area contributed by atoms with Crippen LogP contribution in [0.15, 0.2) is 41.0 Å². The Kier molecular flexibility index (Phi) is 8.32. The number of furan rings is 1. The van der Waals surface area contributed by atoms with E-state index in [2.05, 4.69) is 16.9 Å². The van der Waals surface area contributed by atoms with E-state index in [-0.39, 0.29) is 18.1 Å². The van der Waals surface area contributed by atoms with Gasteiger partial charge in [-0.05, 0) is 51.1 Å². The minimum absolute atomic E-state index is 0.0131. The van der Waals surface area contributed by atoms with Crippen molar-refractivity contribution in [3.8, 4) is 0 Å². The molecule has 186 valence electrons. The average Bonchev–Trinajstić information content (AvgIpc) is 3.30. The van der Waals surface area contributed by atoms with Crippen LogP contribution < -0.4 is 0 Å². The zero-order valence-corrected chi connectivity index (χ0v) is 19.0. The number of carbonyl (C=O) groups excluding carboxylic acids is 1. The molecular formula is C23H28F3N3O5. The summed E-state index contributed by atoms with van der Waals surface area (Å²) in [6, 6.07) is 9.65. The third kappa shape index (κ3) is 6.57. The number of hydrogen-bond acceptors (Lipinski definition) is 6. The largest absolute Gasteiger partial charge is 0.490 e. The second kappa shape index (κ2) is 11.0. The number of alkyl halides is 3. The van der Waals surface area contributed by atoms with Crippen molar-refractivity contribution >= 4 is 11.9 Å². The Morgan fingerprint density at radius 3 is 2.59 bits per heavy atom. The topological polar surface area (TPSA) is 96.1 Å². The predicted octanol–water partition coefficient (Wildman–Crippen LogP) is 3.37. The molecule has 11 heteroatoms. The van der Waals surface area contributed by atoms with E-state index < -0.39 is 12.1 Å². The first-order valence-corrected chi connectivity index (χ1v) is 10.9. The molecule has 34 heavy (non-hydrogen) atoms. The number of rotatable bonds is 4. The molecule has 0 bridgehead atoms. The lowest BCUT2D eigenvalue weighted by Crippen LogP contribution is -2.61. The third-order valence-electron chi connectivity index (χ3n) is 5.92. The Morgan fingerprint density at radius 2 is 1.97 bits per heavy atom. The molecule has 0 saturated carbocycles. The first-order chi connectivity index (χ1) is 16.1. The quantitative estimate of drug-likeness (QED) is 0.712. The molecule has 1 amide bonds. The molecule has 2 fully saturated rings. The highest BCUT2D eigenvalue weighted by atomic mass is 19.4. The van der Waals surface area contributed by atoms with Gasteiger partial charge in [0, 0.05) is 31.3 Å². The van der Waals surface area contributed by atoms with Crippen LogP contribution in [0.2, 0.25) is 0 Å². The van der Waals surface area contributed by atoms with Gasteiger partial charge in [-0.2, -0.15) is 13.2 Å². The molecule has 8 nitrogen and oxygen atoms in total. The van der Waals surface area contributed by atoms with Crippen LogP contribution in [0.1, 0.15) is 34.8 Å². The smallest absolute Gasteiger partial charge is 0.475 e. The van der Waals surface area contributed by atoms with Crippen molar-refractivity contribution in [3.05, 3.63) is 53.7 Å². The summed E-state index contributed by atoms with van der Waals surface area (Å²) in [5.41, 5.74) is 1.39. The number of fused-ring (bicyclic) bond motifs is 1. The van der Waals surface area contributed by atoms with Crippen LogP contribution in [0.25, 0.3) is 0 Å². The summed E-state index contributed by atoms with van der Waals surface area (Å²) >= 11 is 0. The summed E-state index contributed by atoms with van der Waals surface area (Å²) in [6.45, 7) is 4.81. The molecular weight excluding hydrogens is 455 g/mol. The van der Waals surface area contributed by atoms with E-state index >= 15 is 0 Å². The van der Waals surface area contributed by atoms with Crippen LogP contribution in [-0.4, -0.2) is 76.8 Å². The normalized spacial score (nSPS) is 22.5. The number of nitrogens with zero attached hydrogens (tertiary/aromatic N) is 3. The first-order valence-electron chi connectivity index (χ1n) is 10.9. The Hall–Kier alpha value is -2.92. The lowest BCUT2D eigenvalue weighted by Gasteiger charge is -2.48. The van der Waals surface area contributed by atoms with Gasteiger partial charge < -0.3 is 19.2 Å². The number of aliphatic carboxylic acids is 1. The van der Waals surface area contributed by atoms with Crippen LogP contribution in [0.5, 0.6) is 0 Å². The predicted molar refractivity (Wildman–Crippen MR) is 115 cm³/mol. The fourth-order valence-electron chi connectivity index (χ4n) is 4.32. The highest BCUT2D eigenvalue weighted by molar-refractivity contribution is 5.92. The molecule has 1 N–H and O–H groups in total. The second-order valence-corrected chi connectivity index (χ2v) is 8.48. The number of carbonyl (C=O) groups is 2. The summed E-state index contributed by atoms with van der Waals surface area (Å²) in [5, 5.41) is 7.12. The Labute approximate surface area is 195 Å². The van der Waals surface area contributed by atoms with E-state index in [1.54, 1.807) is 12.3 Å². The molecule has 2 aromatic heterocycles. The fourth-order valence-corrected chi connectivity index (χ4v) is 4.32. The number of halogens is 3. The van der Waals surface area contributed by atoms with Crippen molar-refractivity contribution in [2.75, 3.05) is 26.7 Å². The number of pyridine rings is 1. The van der Waals surface area contributed by atoms with Gasteiger partial charge in [-0.1, -0.05) is 6.07 Å². The SMILES string of the molecule is Cc1cccc(C(=O)N2C[C@@H]3CCCO[C@@H]3[C@H](N(C)Cc3ccco3)C2)n1.O=C(O)C(F)(F)F. The number of carboxylic acid groups (broad SMARTS) is 1. The molecule has 2 aromatic rings. The molecule has 0 aromatic carbocycles. The van der Waals surface area contributed by atoms with E-state index in [0.717, 1.165) is 37.4 Å². The maximum atomic E-state index is 13.1. The van der Waals surface area contributed by atoms with Crippen LogP contribution in [0, 0.1) is 12.8 Å². The lowest BCUT2D eigenvalue weighted by molar-refractivity contribution is -0.192. The molecule has 0 unspecified atom stereocenters. The van der Waals surface area contributed by atoms with Gasteiger partial charge in [0.2, 0.25) is 0 Å². The van der Waals surface area contributed by atoms with Crippen LogP contribution in [0.3, 0.4) is 0 Å². The summed E-state index contributed by atoms with van der Waals surface area (Å²) in [4.78, 5) is 30.6. The van der Waals surface area contributed by atoms with Crippen molar-refractivity contribution in [2.45, 2.75) is 44.6 Å². The summed E-state index contributed by atoms with van der Waals surface area (Å²) in [5.74, 6) is -1.45. The van der Waals surface area contributed by atoms with Crippen molar-refractivity contribution in [1.82, 2.24) is 14.8 Å². The maximum absolute atomic E-state index is 13.1. The van der Waals surface area contributed by atoms with Crippen molar-refractivity contribution in [1.29, 1.82) is 0 Å². The highest BCUT2D eigenvalue weighted by Gasteiger charge is 2.43. The molecule has 0 aliphatic carbocycles. The van der Waals surface area contributed by atoms with Gasteiger partial charge in [0.25, 0.3) is 5.91 Å². The molecule has 2 aliphatic rings. The third-order valence-corrected chi connectivity index (χ3v) is 5.92. The van der Waals surface area contributed by atoms with Crippen molar-refractivity contribution in [3.63, 3.8) is 0 Å². The zero-order valence-electron chi connectivity index (χ0n) is 19.0. The minimum Gasteiger partial charge on any atom is -0.475 e. The van der Waals surface area contributed by atoms with Crippen molar-refractivity contribution in [2.24, 2.45) is 5.92 Å². The summed E-state index contributed by atoms with van der Waals surface area (Å²) in [7, 11) is 2.08. The Bertz CT molecular complexity index is 967. The van der Waals surface area contributed by atoms with Crippen LogP contribution in [-0.2, 0) is 16.1 Å². The van der Waals surface area contributed by atoms with Gasteiger partial charge in [0.1, 0.15) is 11.5 Å². The summed E-state index contributed by atoms with van der Waals surface area (Å²) < 4.78 is 43.4. The highest BCUT2D eigenvalue weighted by Crippen LogP contribution is 2.32. The van der Waals surface area contributed by atoms with Gasteiger partial charge >= 0.3 is 12.1 Å². The second-order valence-electron chi connectivity index (χ2n) is 8.48. The maximum Gasteiger partial charge on any atom is 0.490 e. The lowest BCUT2D eigenvalue weighted by atomic mass is 9.84. The molecule has 3 atom stereocenters. The number of hydrogen-bond donors (Lipinski definition) is 1. The van der Waals surface area contributed by atoms with Gasteiger partial charge in [-0.25, -0.2) is 9.78 Å². The number of aryl methyl sites for hydroxylation is 1. The summed E-state index contributed by atoms with van der Waals surface area (Å²) in [6.07, 6.45) is -1.07. The zero-order chi connectivity index (χ0) is 24.9. The van der Waals surface area contributed by atoms with Crippen LogP contribution >= 0.6 is 0 Å². The van der Waals surface area contributed by atoms with Gasteiger partial charge in [-0.15, -0.1) is 0 Å². The van der Waals surface area contributed by atoms with Gasteiger partial charge in [0.05, 0.1) is 25.0 Å². The number of carboxylic acids is 1. The number of likely N-dealkylation sites (tertiary alicyclic amines) is 1. The van der Waals surface area contributed by atoms with E-state index in [0.29, 0.717) is 24.7 Å². The molecule has 0 radical (unpaired) electrons. The van der Waals surface area contributed by atoms with E-state index in [1.807, 2.05) is 36.1 Å². The average molecular weight is 483 g/mol. The number of piperidine rings is 1. The van der Waals surface area contributed by atoms with E-state index in [9.17, 15) is 18.0 Å². The molecule has 2 saturated heterocycles. The molecule has 4 heterocycles. The first kappa shape index (κ1) is 25.7. The van der Waals surface area contributed by atoms with Crippen LogP contribution in [0.4, 0.5) is 13.2 Å². The number of amides is 1. The molecule has 0 spiro atoms. The fraction of sp³-hybridized carbons (Fsp3) is 0.522. The monoisotopic (exact) mass is 483 g/mol. The van der Waals surface area contributed by atoms with Crippen molar-refractivity contribution < 1.29 is 37.0 Å². The minimum atomic E-state index is -5.08. The number of aromatic nitrogens is 1. The molecule has 4 rings (SSSR count). The Morgan fingerprint density at radius 1 is 1.24 bits per heavy atom. The number of ether oxygens (including phenoxy) is 1. The standard InChI is InChI=1S/C21H27N3O3.C2HF3O2/c1-15-6-3-9-18(22-15)21(25)24-12-16-7-4-11-27-20(16)19(14-24)23(2)13-17-8-5-10-26-17;3-2(4,5)1(6)7/h3,5-6,8-10,16,19-20H,4,7,11-14H2,1-2H3;(H,6,7)/t16-,19+,20-;/m0./s1. The van der Waals surface area contributed by atoms with E-state index in [4.69, 9.17) is 19.1 Å². The number of likely N-dealkylation sites (N-methyl/N-ethyl adjacent to an activating group) is 1.